The van der Waals surface area contributed by atoms with Gasteiger partial charge in [0.25, 0.3) is 0 Å². The third-order valence-corrected chi connectivity index (χ3v) is 8.37. The molecular weight excluding hydrogens is 548 g/mol. The van der Waals surface area contributed by atoms with Gasteiger partial charge in [0.05, 0.1) is 25.9 Å². The van der Waals surface area contributed by atoms with Gasteiger partial charge in [-0.15, -0.1) is 0 Å². The second kappa shape index (κ2) is 13.7. The molecule has 1 aliphatic carbocycles. The number of hydrogen-bond acceptors (Lipinski definition) is 6. The number of nitrogens with one attached hydrogen (secondary N) is 2. The number of ether oxygens (including phenoxy) is 1. The Balaban J connectivity index is 1.39. The molecule has 0 saturated carbocycles. The molecule has 2 unspecified atom stereocenters. The van der Waals surface area contributed by atoms with Crippen molar-refractivity contribution in [2.45, 2.75) is 45.8 Å². The van der Waals surface area contributed by atoms with Crippen LogP contribution in [0.1, 0.15) is 43.9 Å². The zero-order valence-electron chi connectivity index (χ0n) is 24.7. The summed E-state index contributed by atoms with van der Waals surface area (Å²) in [7, 11) is 0. The van der Waals surface area contributed by atoms with Gasteiger partial charge in [-0.05, 0) is 73.6 Å². The molecule has 1 amide bonds. The van der Waals surface area contributed by atoms with E-state index < -0.39 is 0 Å². The van der Waals surface area contributed by atoms with Crippen LogP contribution in [0.5, 0.6) is 0 Å². The minimum absolute atomic E-state index is 0.0429. The van der Waals surface area contributed by atoms with Crippen LogP contribution in [-0.2, 0) is 20.7 Å². The number of halogens is 1. The molecule has 8 heteroatoms. The predicted molar refractivity (Wildman–Crippen MR) is 169 cm³/mol. The standard InChI is InChI=1S/C34H41ClN4O3/c1-23(2)37-32(40)22-39-14-12-36-31(39)21-28-20-30(27-5-4-6-29(35)19-27)24(3)33(34(28)41)26-9-7-25(8-10-26)11-13-38-15-17-42-18-16-38/h4-10,12,14,19-20,23,28,31,36H,11,13,15-18,21-22H2,1-3H3,(H,37,40). The highest BCUT2D eigenvalue weighted by Crippen LogP contribution is 2.40. The molecule has 0 radical (unpaired) electrons. The Hall–Kier alpha value is -3.39. The van der Waals surface area contributed by atoms with Crippen LogP contribution in [0.3, 0.4) is 0 Å². The molecule has 42 heavy (non-hydrogen) atoms. The molecule has 2 N–H and O–H groups in total. The number of allylic oxidation sites excluding steroid dienone is 4. The normalized spacial score (nSPS) is 21.1. The van der Waals surface area contributed by atoms with E-state index in [1.807, 2.05) is 62.3 Å². The van der Waals surface area contributed by atoms with Crippen molar-refractivity contribution in [1.82, 2.24) is 20.4 Å². The number of morpholine rings is 1. The van der Waals surface area contributed by atoms with E-state index in [0.717, 1.165) is 67.1 Å². The summed E-state index contributed by atoms with van der Waals surface area (Å²) in [4.78, 5) is 31.1. The summed E-state index contributed by atoms with van der Waals surface area (Å²) in [6.07, 6.45) is 7.13. The summed E-state index contributed by atoms with van der Waals surface area (Å²) in [5.74, 6) is -0.315. The van der Waals surface area contributed by atoms with Crippen molar-refractivity contribution >= 4 is 34.4 Å². The fraction of sp³-hybridized carbons (Fsp3) is 0.412. The number of carbonyl (C=O) groups is 2. The molecule has 2 aromatic rings. The lowest BCUT2D eigenvalue weighted by Gasteiger charge is -2.31. The van der Waals surface area contributed by atoms with E-state index in [2.05, 4.69) is 45.9 Å². The molecular formula is C34H41ClN4O3. The number of benzene rings is 2. The molecule has 7 nitrogen and oxygen atoms in total. The van der Waals surface area contributed by atoms with Crippen LogP contribution in [0.2, 0.25) is 5.02 Å². The Labute approximate surface area is 254 Å². The summed E-state index contributed by atoms with van der Waals surface area (Å²) in [5, 5.41) is 6.96. The summed E-state index contributed by atoms with van der Waals surface area (Å²) in [6.45, 7) is 10.7. The van der Waals surface area contributed by atoms with E-state index in [-0.39, 0.29) is 36.4 Å². The lowest BCUT2D eigenvalue weighted by molar-refractivity contribution is -0.122. The SMILES string of the molecule is CC1=C(c2ccc(CCN3CCOCC3)cc2)C(=O)C(CC2NC=CN2CC(=O)NC(C)C)C=C1c1cccc(Cl)c1. The Bertz CT molecular complexity index is 1380. The van der Waals surface area contributed by atoms with Gasteiger partial charge < -0.3 is 20.3 Å². The second-order valence-corrected chi connectivity index (χ2v) is 12.0. The quantitative estimate of drug-likeness (QED) is 0.412. The Kier molecular flexibility index (Phi) is 9.83. The van der Waals surface area contributed by atoms with Gasteiger partial charge >= 0.3 is 0 Å². The van der Waals surface area contributed by atoms with Crippen molar-refractivity contribution < 1.29 is 14.3 Å². The summed E-state index contributed by atoms with van der Waals surface area (Å²) in [5.41, 5.74) is 5.88. The molecule has 2 heterocycles. The monoisotopic (exact) mass is 588 g/mol. The number of amides is 1. The predicted octanol–water partition coefficient (Wildman–Crippen LogP) is 4.89. The van der Waals surface area contributed by atoms with E-state index in [9.17, 15) is 9.59 Å². The van der Waals surface area contributed by atoms with Gasteiger partial charge in [-0.1, -0.05) is 54.1 Å². The minimum Gasteiger partial charge on any atom is -0.379 e. The number of nitrogens with zero attached hydrogens (tertiary/aromatic N) is 2. The summed E-state index contributed by atoms with van der Waals surface area (Å²) < 4.78 is 5.47. The Morgan fingerprint density at radius 1 is 1.12 bits per heavy atom. The van der Waals surface area contributed by atoms with Gasteiger partial charge in [-0.3, -0.25) is 14.5 Å². The number of Topliss-reactive ketones (excluding diaryl/α,β-unsaturated/α-hetero) is 1. The zero-order valence-corrected chi connectivity index (χ0v) is 25.5. The number of hydrogen-bond donors (Lipinski definition) is 2. The minimum atomic E-state index is -0.369. The lowest BCUT2D eigenvalue weighted by atomic mass is 9.77. The maximum Gasteiger partial charge on any atom is 0.239 e. The molecule has 2 aliphatic heterocycles. The molecule has 222 valence electrons. The van der Waals surface area contributed by atoms with Gasteiger partial charge in [0.15, 0.2) is 5.78 Å². The average Bonchev–Trinajstić information content (AvgIpc) is 3.40. The molecule has 1 fully saturated rings. The largest absolute Gasteiger partial charge is 0.379 e. The summed E-state index contributed by atoms with van der Waals surface area (Å²) >= 11 is 6.39. The van der Waals surface area contributed by atoms with Crippen LogP contribution in [0, 0.1) is 5.92 Å². The highest BCUT2D eigenvalue weighted by molar-refractivity contribution is 6.31. The van der Waals surface area contributed by atoms with Crippen LogP contribution in [0.4, 0.5) is 0 Å². The Morgan fingerprint density at radius 3 is 2.60 bits per heavy atom. The van der Waals surface area contributed by atoms with Gasteiger partial charge in [0.2, 0.25) is 5.91 Å². The van der Waals surface area contributed by atoms with Crippen molar-refractivity contribution in [3.8, 4) is 0 Å². The first-order valence-electron chi connectivity index (χ1n) is 14.9. The van der Waals surface area contributed by atoms with Crippen LogP contribution >= 0.6 is 11.6 Å². The Morgan fingerprint density at radius 2 is 1.88 bits per heavy atom. The van der Waals surface area contributed by atoms with Crippen LogP contribution in [0.15, 0.2) is 72.6 Å². The molecule has 1 saturated heterocycles. The lowest BCUT2D eigenvalue weighted by Crippen LogP contribution is -2.44. The van der Waals surface area contributed by atoms with Crippen molar-refractivity contribution in [3.63, 3.8) is 0 Å². The van der Waals surface area contributed by atoms with E-state index in [1.165, 1.54) is 5.56 Å². The van der Waals surface area contributed by atoms with Crippen molar-refractivity contribution in [2.24, 2.45) is 5.92 Å². The molecule has 0 bridgehead atoms. The topological polar surface area (TPSA) is 73.9 Å². The molecule has 3 aliphatic rings. The number of rotatable bonds is 10. The fourth-order valence-corrected chi connectivity index (χ4v) is 6.14. The molecule has 0 spiro atoms. The molecule has 2 atom stereocenters. The highest BCUT2D eigenvalue weighted by atomic mass is 35.5. The van der Waals surface area contributed by atoms with Crippen molar-refractivity contribution in [2.75, 3.05) is 39.4 Å². The number of ketones is 1. The molecule has 5 rings (SSSR count). The van der Waals surface area contributed by atoms with Gasteiger partial charge in [-0.25, -0.2) is 0 Å². The maximum atomic E-state index is 14.2. The van der Waals surface area contributed by atoms with Gasteiger partial charge in [0, 0.05) is 54.6 Å². The van der Waals surface area contributed by atoms with Crippen LogP contribution < -0.4 is 10.6 Å². The second-order valence-electron chi connectivity index (χ2n) is 11.6. The zero-order chi connectivity index (χ0) is 29.6. The van der Waals surface area contributed by atoms with Gasteiger partial charge in [0.1, 0.15) is 0 Å². The van der Waals surface area contributed by atoms with Crippen LogP contribution in [0.25, 0.3) is 11.1 Å². The molecule has 2 aromatic carbocycles. The first-order valence-corrected chi connectivity index (χ1v) is 15.3. The highest BCUT2D eigenvalue weighted by Gasteiger charge is 2.34. The fourth-order valence-electron chi connectivity index (χ4n) is 5.95. The van der Waals surface area contributed by atoms with E-state index in [4.69, 9.17) is 16.3 Å². The van der Waals surface area contributed by atoms with Crippen molar-refractivity contribution in [3.05, 3.63) is 94.3 Å². The maximum absolute atomic E-state index is 14.2. The van der Waals surface area contributed by atoms with Crippen molar-refractivity contribution in [1.29, 1.82) is 0 Å². The average molecular weight is 589 g/mol. The summed E-state index contributed by atoms with van der Waals surface area (Å²) in [6, 6.07) is 16.3. The third-order valence-electron chi connectivity index (χ3n) is 8.14. The first kappa shape index (κ1) is 30.1. The third kappa shape index (κ3) is 7.33. The van der Waals surface area contributed by atoms with E-state index >= 15 is 0 Å². The smallest absolute Gasteiger partial charge is 0.239 e. The van der Waals surface area contributed by atoms with E-state index in [0.29, 0.717) is 11.4 Å². The number of carbonyl (C=O) groups excluding carboxylic acids is 2. The van der Waals surface area contributed by atoms with Gasteiger partial charge in [-0.2, -0.15) is 0 Å². The van der Waals surface area contributed by atoms with E-state index in [1.54, 1.807) is 0 Å². The first-order chi connectivity index (χ1) is 20.3. The molecule has 0 aromatic heterocycles. The van der Waals surface area contributed by atoms with Crippen LogP contribution in [-0.4, -0.2) is 73.1 Å².